The van der Waals surface area contributed by atoms with E-state index in [-0.39, 0.29) is 23.7 Å². The van der Waals surface area contributed by atoms with Crippen molar-refractivity contribution < 1.29 is 9.59 Å². The summed E-state index contributed by atoms with van der Waals surface area (Å²) in [5.74, 6) is 0.881. The largest absolute Gasteiger partial charge is 0.312 e. The maximum atomic E-state index is 12.5. The fraction of sp³-hybridized carbons (Fsp3) is 0.882. The lowest BCUT2D eigenvalue weighted by Crippen LogP contribution is -2.47. The summed E-state index contributed by atoms with van der Waals surface area (Å²) in [5.41, 5.74) is 0. The molecule has 1 N–H and O–H groups in total. The molecule has 2 aliphatic carbocycles. The lowest BCUT2D eigenvalue weighted by molar-refractivity contribution is -0.140. The molecule has 21 heavy (non-hydrogen) atoms. The number of carbonyl (C=O) groups is 2. The summed E-state index contributed by atoms with van der Waals surface area (Å²) >= 11 is 0. The third kappa shape index (κ3) is 2.87. The van der Waals surface area contributed by atoms with Crippen LogP contribution in [0.5, 0.6) is 0 Å². The van der Waals surface area contributed by atoms with E-state index in [2.05, 4.69) is 12.2 Å². The summed E-state index contributed by atoms with van der Waals surface area (Å²) in [6, 6.07) is 0.305. The monoisotopic (exact) mass is 292 g/mol. The molecule has 0 aromatic rings. The van der Waals surface area contributed by atoms with Crippen LogP contribution in [0.4, 0.5) is 0 Å². The van der Waals surface area contributed by atoms with E-state index in [0.717, 1.165) is 32.2 Å². The minimum atomic E-state index is 0.00732. The summed E-state index contributed by atoms with van der Waals surface area (Å²) in [6.45, 7) is 3.74. The van der Waals surface area contributed by atoms with Crippen LogP contribution in [0.25, 0.3) is 0 Å². The number of likely N-dealkylation sites (tertiary alicyclic amines) is 1. The van der Waals surface area contributed by atoms with Crippen LogP contribution in [0, 0.1) is 17.8 Å². The smallest absolute Gasteiger partial charge is 0.233 e. The minimum Gasteiger partial charge on any atom is -0.312 e. The molecule has 4 heteroatoms. The summed E-state index contributed by atoms with van der Waals surface area (Å²) < 4.78 is 0. The standard InChI is InChI=1S/C17H28N2O2/c1-2-10-18-15(12-6-3-4-7-12)11-19-16(20)13-8-5-9-14(13)17(19)21/h12-15,18H,2-11H2,1H3. The fourth-order valence-corrected chi connectivity index (χ4v) is 4.51. The van der Waals surface area contributed by atoms with Gasteiger partial charge in [0.05, 0.1) is 11.8 Å². The Morgan fingerprint density at radius 3 is 2.24 bits per heavy atom. The Balaban J connectivity index is 1.67. The number of hydrogen-bond acceptors (Lipinski definition) is 3. The zero-order valence-electron chi connectivity index (χ0n) is 13.1. The molecule has 4 nitrogen and oxygen atoms in total. The predicted molar refractivity (Wildman–Crippen MR) is 81.6 cm³/mol. The molecular formula is C17H28N2O2. The van der Waals surface area contributed by atoms with Gasteiger partial charge in [0.2, 0.25) is 11.8 Å². The van der Waals surface area contributed by atoms with Gasteiger partial charge in [-0.05, 0) is 44.6 Å². The Bertz CT molecular complexity index is 382. The van der Waals surface area contributed by atoms with E-state index >= 15 is 0 Å². The van der Waals surface area contributed by atoms with E-state index in [1.54, 1.807) is 4.90 Å². The van der Waals surface area contributed by atoms with Gasteiger partial charge in [-0.15, -0.1) is 0 Å². The highest BCUT2D eigenvalue weighted by atomic mass is 16.2. The van der Waals surface area contributed by atoms with Crippen LogP contribution in [0.15, 0.2) is 0 Å². The molecule has 0 spiro atoms. The Kier molecular flexibility index (Phi) is 4.63. The molecule has 1 aliphatic heterocycles. The second-order valence-corrected chi connectivity index (χ2v) is 7.04. The van der Waals surface area contributed by atoms with E-state index in [9.17, 15) is 9.59 Å². The first-order valence-electron chi connectivity index (χ1n) is 8.81. The number of imide groups is 1. The molecule has 3 rings (SSSR count). The van der Waals surface area contributed by atoms with Crippen LogP contribution >= 0.6 is 0 Å². The topological polar surface area (TPSA) is 49.4 Å². The molecule has 0 bridgehead atoms. The van der Waals surface area contributed by atoms with Crippen molar-refractivity contribution in [1.29, 1.82) is 0 Å². The third-order valence-electron chi connectivity index (χ3n) is 5.69. The van der Waals surface area contributed by atoms with Crippen LogP contribution < -0.4 is 5.32 Å². The zero-order chi connectivity index (χ0) is 14.8. The molecule has 1 heterocycles. The summed E-state index contributed by atoms with van der Waals surface area (Å²) in [5, 5.41) is 3.60. The normalized spacial score (nSPS) is 31.2. The number of nitrogens with one attached hydrogen (secondary N) is 1. The number of hydrogen-bond donors (Lipinski definition) is 1. The summed E-state index contributed by atoms with van der Waals surface area (Å²) in [6.07, 6.45) is 9.04. The van der Waals surface area contributed by atoms with Crippen molar-refractivity contribution in [2.45, 2.75) is 64.3 Å². The molecule has 1 saturated heterocycles. The fourth-order valence-electron chi connectivity index (χ4n) is 4.51. The molecule has 118 valence electrons. The Morgan fingerprint density at radius 1 is 1.05 bits per heavy atom. The van der Waals surface area contributed by atoms with E-state index in [4.69, 9.17) is 0 Å². The lowest BCUT2D eigenvalue weighted by atomic mass is 9.97. The highest BCUT2D eigenvalue weighted by molar-refractivity contribution is 6.05. The Labute approximate surface area is 127 Å². The Hall–Kier alpha value is -0.900. The van der Waals surface area contributed by atoms with Crippen molar-refractivity contribution in [3.05, 3.63) is 0 Å². The number of amides is 2. The summed E-state index contributed by atoms with van der Waals surface area (Å²) in [4.78, 5) is 26.6. The third-order valence-corrected chi connectivity index (χ3v) is 5.69. The lowest BCUT2D eigenvalue weighted by Gasteiger charge is -2.29. The average molecular weight is 292 g/mol. The van der Waals surface area contributed by atoms with Crippen LogP contribution in [0.2, 0.25) is 0 Å². The quantitative estimate of drug-likeness (QED) is 0.764. The van der Waals surface area contributed by atoms with E-state index in [0.29, 0.717) is 18.5 Å². The second-order valence-electron chi connectivity index (χ2n) is 7.04. The van der Waals surface area contributed by atoms with Crippen molar-refractivity contribution in [1.82, 2.24) is 10.2 Å². The van der Waals surface area contributed by atoms with Crippen LogP contribution in [-0.2, 0) is 9.59 Å². The van der Waals surface area contributed by atoms with Gasteiger partial charge in [0, 0.05) is 12.6 Å². The van der Waals surface area contributed by atoms with Gasteiger partial charge in [-0.3, -0.25) is 14.5 Å². The molecule has 0 aromatic carbocycles. The first-order chi connectivity index (χ1) is 10.2. The molecule has 3 unspecified atom stereocenters. The van der Waals surface area contributed by atoms with Crippen molar-refractivity contribution in [2.75, 3.05) is 13.1 Å². The van der Waals surface area contributed by atoms with Gasteiger partial charge in [0.25, 0.3) is 0 Å². The molecule has 2 saturated carbocycles. The molecule has 2 amide bonds. The highest BCUT2D eigenvalue weighted by Gasteiger charge is 2.50. The molecule has 3 atom stereocenters. The van der Waals surface area contributed by atoms with Crippen molar-refractivity contribution in [2.24, 2.45) is 17.8 Å². The van der Waals surface area contributed by atoms with Gasteiger partial charge >= 0.3 is 0 Å². The molecule has 3 fully saturated rings. The van der Waals surface area contributed by atoms with Crippen LogP contribution in [0.3, 0.4) is 0 Å². The van der Waals surface area contributed by atoms with Gasteiger partial charge in [-0.1, -0.05) is 26.2 Å². The first-order valence-corrected chi connectivity index (χ1v) is 8.81. The Morgan fingerprint density at radius 2 is 1.67 bits per heavy atom. The minimum absolute atomic E-state index is 0.00732. The first kappa shape index (κ1) is 15.0. The zero-order valence-corrected chi connectivity index (χ0v) is 13.1. The number of fused-ring (bicyclic) bond motifs is 1. The van der Waals surface area contributed by atoms with Gasteiger partial charge in [0.15, 0.2) is 0 Å². The number of carbonyl (C=O) groups excluding carboxylic acids is 2. The van der Waals surface area contributed by atoms with E-state index in [1.165, 1.54) is 25.7 Å². The van der Waals surface area contributed by atoms with E-state index < -0.39 is 0 Å². The van der Waals surface area contributed by atoms with Gasteiger partial charge < -0.3 is 5.32 Å². The number of nitrogens with zero attached hydrogens (tertiary/aromatic N) is 1. The molecule has 0 radical (unpaired) electrons. The van der Waals surface area contributed by atoms with Gasteiger partial charge in [-0.25, -0.2) is 0 Å². The average Bonchev–Trinajstić information content (AvgIpc) is 3.20. The van der Waals surface area contributed by atoms with Crippen molar-refractivity contribution >= 4 is 11.8 Å². The van der Waals surface area contributed by atoms with Crippen LogP contribution in [-0.4, -0.2) is 35.8 Å². The van der Waals surface area contributed by atoms with Crippen LogP contribution in [0.1, 0.15) is 58.3 Å². The predicted octanol–water partition coefficient (Wildman–Crippen LogP) is 2.33. The molecule has 3 aliphatic rings. The van der Waals surface area contributed by atoms with Crippen molar-refractivity contribution in [3.63, 3.8) is 0 Å². The SMILES string of the molecule is CCCNC(CN1C(=O)C2CCCC2C1=O)C1CCCC1. The van der Waals surface area contributed by atoms with E-state index in [1.807, 2.05) is 0 Å². The molecule has 0 aromatic heterocycles. The van der Waals surface area contributed by atoms with Crippen molar-refractivity contribution in [3.8, 4) is 0 Å². The maximum Gasteiger partial charge on any atom is 0.233 e. The highest BCUT2D eigenvalue weighted by Crippen LogP contribution is 2.40. The number of rotatable bonds is 6. The maximum absolute atomic E-state index is 12.5. The van der Waals surface area contributed by atoms with Gasteiger partial charge in [0.1, 0.15) is 0 Å². The second kappa shape index (κ2) is 6.47. The summed E-state index contributed by atoms with van der Waals surface area (Å²) in [7, 11) is 0. The van der Waals surface area contributed by atoms with Gasteiger partial charge in [-0.2, -0.15) is 0 Å². The molecular weight excluding hydrogens is 264 g/mol.